The maximum absolute atomic E-state index is 12.5. The summed E-state index contributed by atoms with van der Waals surface area (Å²) in [5.41, 5.74) is 4.64. The average Bonchev–Trinajstić information content (AvgIpc) is 3.53. The second-order valence-corrected chi connectivity index (χ2v) is 16.7. The van der Waals surface area contributed by atoms with E-state index < -0.39 is 15.5 Å². The fraction of sp³-hybridized carbons (Fsp3) is 0.486. The van der Waals surface area contributed by atoms with Crippen molar-refractivity contribution in [3.63, 3.8) is 0 Å². The Hall–Kier alpha value is -3.05. The number of hydrogen-bond donors (Lipinski definition) is 2. The minimum Gasteiger partial charge on any atom is -0.364 e. The van der Waals surface area contributed by atoms with Crippen molar-refractivity contribution in [2.45, 2.75) is 106 Å². The number of rotatable bonds is 12. The van der Waals surface area contributed by atoms with E-state index in [1.807, 2.05) is 23.1 Å². The molecule has 0 radical (unpaired) electrons. The number of likely N-dealkylation sites (N-methyl/N-ethyl adjacent to an activating group) is 1. The van der Waals surface area contributed by atoms with Crippen LogP contribution in [-0.4, -0.2) is 59.5 Å². The van der Waals surface area contributed by atoms with E-state index in [2.05, 4.69) is 88.6 Å². The molecule has 3 heterocycles. The number of benzene rings is 2. The summed E-state index contributed by atoms with van der Waals surface area (Å²) >= 11 is 0.772. The van der Waals surface area contributed by atoms with Gasteiger partial charge in [-0.3, -0.25) is 9.35 Å². The summed E-state index contributed by atoms with van der Waals surface area (Å²) in [6.07, 6.45) is 13.9. The summed E-state index contributed by atoms with van der Waals surface area (Å²) in [5, 5.41) is 0. The summed E-state index contributed by atoms with van der Waals surface area (Å²) in [6, 6.07) is 11.1. The zero-order valence-electron chi connectivity index (χ0n) is 28.7. The monoisotopic (exact) mass is 679 g/mol. The van der Waals surface area contributed by atoms with Crippen LogP contribution in [0.4, 0.5) is 11.4 Å². The van der Waals surface area contributed by atoms with Crippen LogP contribution in [0.3, 0.4) is 0 Å². The van der Waals surface area contributed by atoms with Crippen molar-refractivity contribution in [3.05, 3.63) is 83.6 Å². The Balaban J connectivity index is 1.31. The Morgan fingerprint density at radius 1 is 0.957 bits per heavy atom. The minimum atomic E-state index is -4.30. The van der Waals surface area contributed by atoms with E-state index in [0.29, 0.717) is 6.42 Å². The van der Waals surface area contributed by atoms with Gasteiger partial charge in [-0.2, -0.15) is 8.42 Å². The molecule has 5 rings (SSSR count). The van der Waals surface area contributed by atoms with Crippen LogP contribution in [0.15, 0.2) is 82.3 Å². The average molecular weight is 680 g/mol. The standard InChI is InChI=1S/C37H49N3O5S2/c1-8-38-30-21-19-27(47(43,44)45)24-29(30)37(6,7)32(38)15-11-9-12-16-33-36(4,5)28-23-26(46-42)18-20-31(28)39(33)22-14-10-13-17-34(41)40-25-35(40,2)3/h9,11-12,15-16,18-21,23-24,33,42H,8,10,13-14,17,22,25H2,1-7H3,(H,43,44,45)/b11-9+,16-12+,32-15-. The number of unbranched alkanes of at least 4 members (excludes halogenated alkanes) is 2. The molecule has 2 N–H and O–H groups in total. The Morgan fingerprint density at radius 3 is 2.30 bits per heavy atom. The molecule has 0 aromatic heterocycles. The van der Waals surface area contributed by atoms with E-state index in [-0.39, 0.29) is 27.8 Å². The Labute approximate surface area is 285 Å². The fourth-order valence-corrected chi connectivity index (χ4v) is 8.13. The van der Waals surface area contributed by atoms with Gasteiger partial charge in [0.1, 0.15) is 0 Å². The number of carbonyl (C=O) groups excluding carboxylic acids is 1. The van der Waals surface area contributed by atoms with Crippen molar-refractivity contribution in [3.8, 4) is 0 Å². The van der Waals surface area contributed by atoms with Gasteiger partial charge in [0, 0.05) is 70.9 Å². The molecule has 8 nitrogen and oxygen atoms in total. The highest BCUT2D eigenvalue weighted by atomic mass is 32.2. The molecule has 0 bridgehead atoms. The van der Waals surface area contributed by atoms with Crippen LogP contribution >= 0.6 is 12.0 Å². The second-order valence-electron chi connectivity index (χ2n) is 14.6. The molecule has 1 fully saturated rings. The Morgan fingerprint density at radius 2 is 1.66 bits per heavy atom. The third-order valence-electron chi connectivity index (χ3n) is 10.2. The summed E-state index contributed by atoms with van der Waals surface area (Å²) in [6.45, 7) is 17.4. The zero-order chi connectivity index (χ0) is 34.4. The van der Waals surface area contributed by atoms with Crippen molar-refractivity contribution in [2.24, 2.45) is 0 Å². The van der Waals surface area contributed by atoms with Crippen LogP contribution in [-0.2, 0) is 25.7 Å². The molecule has 2 aromatic carbocycles. The Kier molecular flexibility index (Phi) is 9.83. The Bertz CT molecular complexity index is 1720. The van der Waals surface area contributed by atoms with Gasteiger partial charge in [0.25, 0.3) is 10.1 Å². The van der Waals surface area contributed by atoms with Crippen molar-refractivity contribution >= 4 is 39.4 Å². The minimum absolute atomic E-state index is 0.0293. The van der Waals surface area contributed by atoms with Gasteiger partial charge in [-0.1, -0.05) is 58.4 Å². The molecule has 1 saturated heterocycles. The van der Waals surface area contributed by atoms with Gasteiger partial charge >= 0.3 is 0 Å². The molecule has 3 aliphatic rings. The number of amides is 1. The molecular formula is C37H49N3O5S2. The van der Waals surface area contributed by atoms with Crippen LogP contribution in [0.25, 0.3) is 0 Å². The first-order valence-electron chi connectivity index (χ1n) is 16.5. The van der Waals surface area contributed by atoms with Gasteiger partial charge in [-0.15, -0.1) is 0 Å². The summed E-state index contributed by atoms with van der Waals surface area (Å²) in [5.74, 6) is 0.258. The van der Waals surface area contributed by atoms with Crippen molar-refractivity contribution in [1.82, 2.24) is 4.90 Å². The lowest BCUT2D eigenvalue weighted by Crippen LogP contribution is -2.40. The first-order valence-corrected chi connectivity index (χ1v) is 18.7. The normalized spacial score (nSPS) is 21.7. The molecule has 1 amide bonds. The van der Waals surface area contributed by atoms with E-state index in [1.165, 1.54) is 17.3 Å². The quantitative estimate of drug-likeness (QED) is 0.0767. The summed E-state index contributed by atoms with van der Waals surface area (Å²) < 4.78 is 43.1. The molecule has 0 saturated carbocycles. The molecule has 2 aromatic rings. The predicted molar refractivity (Wildman–Crippen MR) is 192 cm³/mol. The largest absolute Gasteiger partial charge is 0.364 e. The van der Waals surface area contributed by atoms with Crippen LogP contribution in [0, 0.1) is 0 Å². The number of fused-ring (bicyclic) bond motifs is 2. The van der Waals surface area contributed by atoms with E-state index in [1.54, 1.807) is 12.1 Å². The predicted octanol–water partition coefficient (Wildman–Crippen LogP) is 7.96. The number of nitrogens with zero attached hydrogens (tertiary/aromatic N) is 3. The van der Waals surface area contributed by atoms with Crippen molar-refractivity contribution < 1.29 is 22.3 Å². The topological polar surface area (TPSA) is 101 Å². The van der Waals surface area contributed by atoms with Crippen molar-refractivity contribution in [1.29, 1.82) is 0 Å². The van der Waals surface area contributed by atoms with Gasteiger partial charge in [0.2, 0.25) is 5.91 Å². The molecule has 1 unspecified atom stereocenters. The smallest absolute Gasteiger partial charge is 0.294 e. The molecule has 10 heteroatoms. The number of carbonyl (C=O) groups is 1. The third kappa shape index (κ3) is 6.93. The van der Waals surface area contributed by atoms with Crippen LogP contribution in [0.5, 0.6) is 0 Å². The summed E-state index contributed by atoms with van der Waals surface area (Å²) in [4.78, 5) is 19.8. The lowest BCUT2D eigenvalue weighted by Gasteiger charge is -2.32. The van der Waals surface area contributed by atoms with Crippen LogP contribution in [0.1, 0.15) is 85.3 Å². The van der Waals surface area contributed by atoms with Gasteiger partial charge < -0.3 is 19.3 Å². The second kappa shape index (κ2) is 13.1. The summed E-state index contributed by atoms with van der Waals surface area (Å²) in [7, 11) is -4.30. The van der Waals surface area contributed by atoms with Gasteiger partial charge in [0.05, 0.1) is 16.5 Å². The lowest BCUT2D eigenvalue weighted by molar-refractivity contribution is -0.126. The third-order valence-corrected chi connectivity index (χ3v) is 11.5. The number of allylic oxidation sites excluding steroid dienone is 5. The highest BCUT2D eigenvalue weighted by Gasteiger charge is 2.46. The van der Waals surface area contributed by atoms with Gasteiger partial charge in [-0.05, 0) is 87.2 Å². The van der Waals surface area contributed by atoms with Crippen LogP contribution < -0.4 is 9.80 Å². The molecular weight excluding hydrogens is 631 g/mol. The lowest BCUT2D eigenvalue weighted by atomic mass is 9.80. The van der Waals surface area contributed by atoms with E-state index in [4.69, 9.17) is 0 Å². The van der Waals surface area contributed by atoms with E-state index >= 15 is 0 Å². The highest BCUT2D eigenvalue weighted by Crippen LogP contribution is 2.49. The van der Waals surface area contributed by atoms with E-state index in [0.717, 1.165) is 72.8 Å². The van der Waals surface area contributed by atoms with E-state index in [9.17, 15) is 22.3 Å². The van der Waals surface area contributed by atoms with Crippen molar-refractivity contribution in [2.75, 3.05) is 29.4 Å². The molecule has 0 spiro atoms. The molecule has 1 atom stereocenters. The highest BCUT2D eigenvalue weighted by molar-refractivity contribution is 7.93. The first-order chi connectivity index (χ1) is 22.0. The van der Waals surface area contributed by atoms with Gasteiger partial charge in [-0.25, -0.2) is 0 Å². The van der Waals surface area contributed by atoms with Gasteiger partial charge in [0.15, 0.2) is 0 Å². The molecule has 47 heavy (non-hydrogen) atoms. The molecule has 0 aliphatic carbocycles. The molecule has 254 valence electrons. The number of anilines is 2. The zero-order valence-corrected chi connectivity index (χ0v) is 30.3. The molecule has 3 aliphatic heterocycles. The maximum atomic E-state index is 12.5. The van der Waals surface area contributed by atoms with Crippen LogP contribution in [0.2, 0.25) is 0 Å². The fourth-order valence-electron chi connectivity index (χ4n) is 7.32. The SMILES string of the molecule is CCN1\C(=C/C=C/C=C/C2N(CCCCCC(=O)N3CC3(C)C)c3ccc(SO)cc3C2(C)C)C(C)(C)c2cc(S(=O)(=O)O)ccc21. The number of hydrogen-bond acceptors (Lipinski definition) is 7. The maximum Gasteiger partial charge on any atom is 0.294 e. The first kappa shape index (κ1) is 35.3.